The number of hydrogen-bond acceptors (Lipinski definition) is 5. The van der Waals surface area contributed by atoms with E-state index in [2.05, 4.69) is 15.3 Å². The molecule has 0 saturated heterocycles. The van der Waals surface area contributed by atoms with E-state index in [1.807, 2.05) is 21.4 Å². The molecule has 1 amide bonds. The standard InChI is InChI=1S/C17H13FN4OS2/c18-13-4-2-1-3-12(13)14-9-22-11(10-25-17(22)20-14)5-6-15(23)21-16-19-7-8-24-16/h1-4,7-10H,5-6H2,(H,19,21,23). The van der Waals surface area contributed by atoms with E-state index in [0.29, 0.717) is 29.2 Å². The Morgan fingerprint density at radius 2 is 2.16 bits per heavy atom. The zero-order valence-corrected chi connectivity index (χ0v) is 14.6. The van der Waals surface area contributed by atoms with Crippen LogP contribution < -0.4 is 5.32 Å². The SMILES string of the molecule is O=C(CCc1csc2nc(-c3ccccc3F)cn12)Nc1nccs1. The van der Waals surface area contributed by atoms with E-state index in [1.165, 1.54) is 28.7 Å². The van der Waals surface area contributed by atoms with E-state index in [4.69, 9.17) is 0 Å². The zero-order valence-electron chi connectivity index (χ0n) is 13.0. The molecule has 0 radical (unpaired) electrons. The molecule has 0 saturated carbocycles. The van der Waals surface area contributed by atoms with Gasteiger partial charge in [-0.15, -0.1) is 22.7 Å². The van der Waals surface area contributed by atoms with Crippen LogP contribution in [-0.2, 0) is 11.2 Å². The molecule has 0 unspecified atom stereocenters. The van der Waals surface area contributed by atoms with Crippen molar-refractivity contribution in [1.82, 2.24) is 14.4 Å². The lowest BCUT2D eigenvalue weighted by Gasteiger charge is -2.01. The first kappa shape index (κ1) is 15.9. The summed E-state index contributed by atoms with van der Waals surface area (Å²) in [5.74, 6) is -0.374. The maximum atomic E-state index is 13.9. The Morgan fingerprint density at radius 1 is 1.28 bits per heavy atom. The van der Waals surface area contributed by atoms with Gasteiger partial charge in [0, 0.05) is 40.8 Å². The summed E-state index contributed by atoms with van der Waals surface area (Å²) in [5.41, 5.74) is 2.05. The molecule has 8 heteroatoms. The highest BCUT2D eigenvalue weighted by Gasteiger charge is 2.13. The topological polar surface area (TPSA) is 59.3 Å². The number of nitrogens with one attached hydrogen (secondary N) is 1. The minimum absolute atomic E-state index is 0.0799. The van der Waals surface area contributed by atoms with Crippen molar-refractivity contribution in [3.8, 4) is 11.3 Å². The predicted molar refractivity (Wildman–Crippen MR) is 97.5 cm³/mol. The summed E-state index contributed by atoms with van der Waals surface area (Å²) < 4.78 is 15.9. The summed E-state index contributed by atoms with van der Waals surface area (Å²) >= 11 is 2.87. The summed E-state index contributed by atoms with van der Waals surface area (Å²) in [6, 6.07) is 6.58. The van der Waals surface area contributed by atoms with Crippen LogP contribution in [0.3, 0.4) is 0 Å². The van der Waals surface area contributed by atoms with Gasteiger partial charge in [-0.2, -0.15) is 0 Å². The number of anilines is 1. The molecule has 0 bridgehead atoms. The molecule has 0 aliphatic carbocycles. The van der Waals surface area contributed by atoms with Gasteiger partial charge in [0.15, 0.2) is 10.1 Å². The fourth-order valence-corrected chi connectivity index (χ4v) is 3.97. The number of nitrogens with zero attached hydrogens (tertiary/aromatic N) is 3. The van der Waals surface area contributed by atoms with Crippen molar-refractivity contribution in [2.45, 2.75) is 12.8 Å². The molecular formula is C17H13FN4OS2. The van der Waals surface area contributed by atoms with Crippen LogP contribution in [0.25, 0.3) is 16.2 Å². The first-order valence-corrected chi connectivity index (χ1v) is 9.36. The highest BCUT2D eigenvalue weighted by Crippen LogP contribution is 2.26. The van der Waals surface area contributed by atoms with E-state index in [-0.39, 0.29) is 11.7 Å². The first-order valence-electron chi connectivity index (χ1n) is 7.60. The highest BCUT2D eigenvalue weighted by atomic mass is 32.1. The van der Waals surface area contributed by atoms with Gasteiger partial charge in [0.1, 0.15) is 5.82 Å². The van der Waals surface area contributed by atoms with E-state index in [0.717, 1.165) is 10.7 Å². The Kier molecular flexibility index (Phi) is 4.29. The van der Waals surface area contributed by atoms with Crippen molar-refractivity contribution in [3.05, 3.63) is 58.9 Å². The van der Waals surface area contributed by atoms with Crippen molar-refractivity contribution in [1.29, 1.82) is 0 Å². The molecule has 25 heavy (non-hydrogen) atoms. The van der Waals surface area contributed by atoms with Gasteiger partial charge in [-0.1, -0.05) is 12.1 Å². The number of imidazole rings is 1. The molecule has 1 N–H and O–H groups in total. The second-order valence-corrected chi connectivity index (χ2v) is 7.10. The fraction of sp³-hybridized carbons (Fsp3) is 0.118. The Hall–Kier alpha value is -2.58. The maximum absolute atomic E-state index is 13.9. The van der Waals surface area contributed by atoms with E-state index >= 15 is 0 Å². The van der Waals surface area contributed by atoms with Gasteiger partial charge in [0.05, 0.1) is 5.69 Å². The van der Waals surface area contributed by atoms with Gasteiger partial charge in [-0.25, -0.2) is 14.4 Å². The smallest absolute Gasteiger partial charge is 0.226 e. The molecular weight excluding hydrogens is 359 g/mol. The van der Waals surface area contributed by atoms with Gasteiger partial charge in [0.25, 0.3) is 0 Å². The number of benzene rings is 1. The second-order valence-electron chi connectivity index (χ2n) is 5.37. The Balaban J connectivity index is 1.51. The highest BCUT2D eigenvalue weighted by molar-refractivity contribution is 7.15. The van der Waals surface area contributed by atoms with Gasteiger partial charge in [-0.3, -0.25) is 9.20 Å². The van der Waals surface area contributed by atoms with Crippen molar-refractivity contribution in [2.75, 3.05) is 5.32 Å². The molecule has 4 rings (SSSR count). The van der Waals surface area contributed by atoms with Crippen molar-refractivity contribution in [3.63, 3.8) is 0 Å². The first-order chi connectivity index (χ1) is 12.2. The number of halogens is 1. The quantitative estimate of drug-likeness (QED) is 0.570. The van der Waals surface area contributed by atoms with E-state index in [1.54, 1.807) is 24.4 Å². The van der Waals surface area contributed by atoms with Gasteiger partial charge in [-0.05, 0) is 18.6 Å². The van der Waals surface area contributed by atoms with Crippen LogP contribution in [0.5, 0.6) is 0 Å². The fourth-order valence-electron chi connectivity index (χ4n) is 2.52. The molecule has 3 aromatic heterocycles. The molecule has 1 aromatic carbocycles. The molecule has 5 nitrogen and oxygen atoms in total. The third-order valence-corrected chi connectivity index (χ3v) is 5.30. The van der Waals surface area contributed by atoms with Crippen LogP contribution in [-0.4, -0.2) is 20.3 Å². The van der Waals surface area contributed by atoms with Crippen LogP contribution in [0.2, 0.25) is 0 Å². The van der Waals surface area contributed by atoms with Gasteiger partial charge >= 0.3 is 0 Å². The number of rotatable bonds is 5. The van der Waals surface area contributed by atoms with Crippen molar-refractivity contribution < 1.29 is 9.18 Å². The molecule has 0 aliphatic rings. The van der Waals surface area contributed by atoms with Gasteiger partial charge in [0.2, 0.25) is 5.91 Å². The van der Waals surface area contributed by atoms with Gasteiger partial charge < -0.3 is 5.32 Å². The summed E-state index contributed by atoms with van der Waals surface area (Å²) in [6.45, 7) is 0. The van der Waals surface area contributed by atoms with Crippen molar-refractivity contribution >= 4 is 38.7 Å². The monoisotopic (exact) mass is 372 g/mol. The minimum Gasteiger partial charge on any atom is -0.302 e. The lowest BCUT2D eigenvalue weighted by atomic mass is 10.1. The number of hydrogen-bond donors (Lipinski definition) is 1. The van der Waals surface area contributed by atoms with Crippen LogP contribution >= 0.6 is 22.7 Å². The molecule has 4 aromatic rings. The third-order valence-electron chi connectivity index (χ3n) is 3.72. The summed E-state index contributed by atoms with van der Waals surface area (Å²) in [4.78, 5) is 21.3. The molecule has 0 spiro atoms. The van der Waals surface area contributed by atoms with E-state index < -0.39 is 0 Å². The van der Waals surface area contributed by atoms with Crippen molar-refractivity contribution in [2.24, 2.45) is 0 Å². The number of thiazole rings is 2. The number of fused-ring (bicyclic) bond motifs is 1. The molecule has 3 heterocycles. The summed E-state index contributed by atoms with van der Waals surface area (Å²) in [6.07, 6.45) is 4.39. The maximum Gasteiger partial charge on any atom is 0.226 e. The third kappa shape index (κ3) is 3.31. The largest absolute Gasteiger partial charge is 0.302 e. The lowest BCUT2D eigenvalue weighted by Crippen LogP contribution is -2.12. The molecule has 0 aliphatic heterocycles. The number of carbonyl (C=O) groups excluding carboxylic acids is 1. The molecule has 0 atom stereocenters. The molecule has 126 valence electrons. The average molecular weight is 372 g/mol. The number of aromatic nitrogens is 3. The zero-order chi connectivity index (χ0) is 17.2. The Labute approximate surface area is 150 Å². The summed E-state index contributed by atoms with van der Waals surface area (Å²) in [7, 11) is 0. The molecule has 0 fully saturated rings. The van der Waals surface area contributed by atoms with Crippen LogP contribution in [0, 0.1) is 5.82 Å². The van der Waals surface area contributed by atoms with Crippen LogP contribution in [0.4, 0.5) is 9.52 Å². The average Bonchev–Trinajstić information content (AvgIpc) is 3.31. The number of amides is 1. The number of carbonyl (C=O) groups is 1. The van der Waals surface area contributed by atoms with Crippen LogP contribution in [0.1, 0.15) is 12.1 Å². The Morgan fingerprint density at radius 3 is 2.96 bits per heavy atom. The normalized spacial score (nSPS) is 11.1. The van der Waals surface area contributed by atoms with E-state index in [9.17, 15) is 9.18 Å². The van der Waals surface area contributed by atoms with Crippen LogP contribution in [0.15, 0.2) is 47.4 Å². The lowest BCUT2D eigenvalue weighted by molar-refractivity contribution is -0.116. The Bertz CT molecular complexity index is 1020. The number of aryl methyl sites for hydroxylation is 1. The summed E-state index contributed by atoms with van der Waals surface area (Å²) in [5, 5.41) is 7.16. The minimum atomic E-state index is -0.294. The second kappa shape index (κ2) is 6.73. The predicted octanol–water partition coefficient (Wildman–Crippen LogP) is 4.23.